The molecule has 0 radical (unpaired) electrons. The van der Waals surface area contributed by atoms with E-state index in [1.807, 2.05) is 13.8 Å². The minimum Gasteiger partial charge on any atom is -0.481 e. The van der Waals surface area contributed by atoms with Crippen LogP contribution in [0.2, 0.25) is 0 Å². The number of rotatable bonds is 5. The highest BCUT2D eigenvalue weighted by molar-refractivity contribution is 5.77. The number of hydrogen-bond acceptors (Lipinski definition) is 4. The molecule has 1 aliphatic heterocycles. The van der Waals surface area contributed by atoms with Gasteiger partial charge in [-0.2, -0.15) is 0 Å². The van der Waals surface area contributed by atoms with E-state index < -0.39 is 12.1 Å². The van der Waals surface area contributed by atoms with Crippen LogP contribution in [0.15, 0.2) is 0 Å². The van der Waals surface area contributed by atoms with Gasteiger partial charge < -0.3 is 19.5 Å². The zero-order valence-corrected chi connectivity index (χ0v) is 10.2. The van der Waals surface area contributed by atoms with Crippen LogP contribution < -0.4 is 0 Å². The summed E-state index contributed by atoms with van der Waals surface area (Å²) in [6.07, 6.45) is -0.478. The van der Waals surface area contributed by atoms with Crippen LogP contribution in [0, 0.1) is 0 Å². The van der Waals surface area contributed by atoms with E-state index in [-0.39, 0.29) is 25.0 Å². The second-order valence-corrected chi connectivity index (χ2v) is 4.29. The molecule has 1 aliphatic rings. The molecule has 1 unspecified atom stereocenters. The van der Waals surface area contributed by atoms with Crippen molar-refractivity contribution in [2.45, 2.75) is 32.5 Å². The zero-order valence-electron chi connectivity index (χ0n) is 10.2. The number of nitrogens with zero attached hydrogens (tertiary/aromatic N) is 1. The number of hydrogen-bond donors (Lipinski definition) is 1. The van der Waals surface area contributed by atoms with Crippen molar-refractivity contribution in [2.75, 3.05) is 26.3 Å². The average Bonchev–Trinajstić information content (AvgIpc) is 2.25. The predicted octanol–water partition coefficient (Wildman–Crippen LogP) is 0.114. The van der Waals surface area contributed by atoms with E-state index in [1.54, 1.807) is 4.90 Å². The van der Waals surface area contributed by atoms with Crippen molar-refractivity contribution >= 4 is 11.9 Å². The van der Waals surface area contributed by atoms with Gasteiger partial charge in [-0.1, -0.05) is 0 Å². The summed E-state index contributed by atoms with van der Waals surface area (Å²) in [4.78, 5) is 23.9. The van der Waals surface area contributed by atoms with Crippen LogP contribution in [0.3, 0.4) is 0 Å². The van der Waals surface area contributed by atoms with Crippen LogP contribution in [-0.4, -0.2) is 60.4 Å². The molecule has 17 heavy (non-hydrogen) atoms. The van der Waals surface area contributed by atoms with Gasteiger partial charge in [-0.25, -0.2) is 0 Å². The van der Waals surface area contributed by atoms with Crippen LogP contribution in [0.5, 0.6) is 0 Å². The largest absolute Gasteiger partial charge is 0.481 e. The van der Waals surface area contributed by atoms with Gasteiger partial charge in [0.05, 0.1) is 25.2 Å². The first-order chi connectivity index (χ1) is 7.99. The van der Waals surface area contributed by atoms with Gasteiger partial charge in [0.15, 0.2) is 0 Å². The van der Waals surface area contributed by atoms with E-state index in [0.29, 0.717) is 19.7 Å². The van der Waals surface area contributed by atoms with Crippen molar-refractivity contribution < 1.29 is 24.2 Å². The third-order valence-corrected chi connectivity index (χ3v) is 2.43. The molecule has 0 aliphatic carbocycles. The number of morpholine rings is 1. The Morgan fingerprint density at radius 2 is 2.24 bits per heavy atom. The number of carboxylic acids is 1. The first-order valence-corrected chi connectivity index (χ1v) is 5.71. The maximum atomic E-state index is 11.7. The van der Waals surface area contributed by atoms with Crippen molar-refractivity contribution in [2.24, 2.45) is 0 Å². The fourth-order valence-corrected chi connectivity index (χ4v) is 1.59. The van der Waals surface area contributed by atoms with E-state index in [9.17, 15) is 9.59 Å². The van der Waals surface area contributed by atoms with Gasteiger partial charge in [-0.15, -0.1) is 0 Å². The monoisotopic (exact) mass is 245 g/mol. The van der Waals surface area contributed by atoms with Crippen LogP contribution in [0.4, 0.5) is 0 Å². The summed E-state index contributed by atoms with van der Waals surface area (Å²) in [7, 11) is 0. The lowest BCUT2D eigenvalue weighted by molar-refractivity contribution is -0.150. The molecule has 0 bridgehead atoms. The molecule has 0 saturated carbocycles. The van der Waals surface area contributed by atoms with Gasteiger partial charge in [0, 0.05) is 13.1 Å². The SMILES string of the molecule is CC(C)OCC(=O)N1CCOC(CC(=O)O)C1. The van der Waals surface area contributed by atoms with Gasteiger partial charge >= 0.3 is 5.97 Å². The number of carbonyl (C=O) groups excluding carboxylic acids is 1. The first-order valence-electron chi connectivity index (χ1n) is 5.71. The average molecular weight is 245 g/mol. The Bertz CT molecular complexity index is 279. The van der Waals surface area contributed by atoms with E-state index >= 15 is 0 Å². The summed E-state index contributed by atoms with van der Waals surface area (Å²) in [6, 6.07) is 0. The third kappa shape index (κ3) is 5.14. The Hall–Kier alpha value is -1.14. The van der Waals surface area contributed by atoms with Crippen molar-refractivity contribution in [3.8, 4) is 0 Å². The normalized spacial score (nSPS) is 20.6. The first kappa shape index (κ1) is 13.9. The van der Waals surface area contributed by atoms with E-state index in [2.05, 4.69) is 0 Å². The summed E-state index contributed by atoms with van der Waals surface area (Å²) in [5.41, 5.74) is 0. The molecule has 6 heteroatoms. The molecule has 1 heterocycles. The Kier molecular flexibility index (Phi) is 5.37. The molecule has 1 rings (SSSR count). The van der Waals surface area contributed by atoms with Gasteiger partial charge in [0.1, 0.15) is 6.61 Å². The van der Waals surface area contributed by atoms with Crippen molar-refractivity contribution in [3.63, 3.8) is 0 Å². The van der Waals surface area contributed by atoms with Crippen molar-refractivity contribution in [1.82, 2.24) is 4.90 Å². The summed E-state index contributed by atoms with van der Waals surface area (Å²) in [5, 5.41) is 8.66. The van der Waals surface area contributed by atoms with Crippen molar-refractivity contribution in [1.29, 1.82) is 0 Å². The quantitative estimate of drug-likeness (QED) is 0.744. The molecule has 0 aromatic carbocycles. The highest BCUT2D eigenvalue weighted by atomic mass is 16.5. The van der Waals surface area contributed by atoms with Crippen LogP contribution in [0.25, 0.3) is 0 Å². The molecule has 0 aromatic rings. The minimum atomic E-state index is -0.914. The fourth-order valence-electron chi connectivity index (χ4n) is 1.59. The molecule has 0 aromatic heterocycles. The van der Waals surface area contributed by atoms with Gasteiger partial charge in [0.2, 0.25) is 5.91 Å². The second kappa shape index (κ2) is 6.56. The molecule has 1 N–H and O–H groups in total. The summed E-state index contributed by atoms with van der Waals surface area (Å²) < 4.78 is 10.5. The molecule has 0 spiro atoms. The molecule has 1 saturated heterocycles. The zero-order chi connectivity index (χ0) is 12.8. The van der Waals surface area contributed by atoms with E-state index in [1.165, 1.54) is 0 Å². The molecule has 1 fully saturated rings. The number of aliphatic carboxylic acids is 1. The Morgan fingerprint density at radius 1 is 1.53 bits per heavy atom. The number of carbonyl (C=O) groups is 2. The number of ether oxygens (including phenoxy) is 2. The summed E-state index contributed by atoms with van der Waals surface area (Å²) >= 11 is 0. The Balaban J connectivity index is 2.37. The standard InChI is InChI=1S/C11H19NO5/c1-8(2)17-7-10(13)12-3-4-16-9(6-12)5-11(14)15/h8-9H,3-7H2,1-2H3,(H,14,15). The maximum absolute atomic E-state index is 11.7. The van der Waals surface area contributed by atoms with Crippen LogP contribution in [0.1, 0.15) is 20.3 Å². The van der Waals surface area contributed by atoms with Crippen LogP contribution >= 0.6 is 0 Å². The lowest BCUT2D eigenvalue weighted by Gasteiger charge is -2.32. The maximum Gasteiger partial charge on any atom is 0.306 e. The highest BCUT2D eigenvalue weighted by Gasteiger charge is 2.25. The molecule has 6 nitrogen and oxygen atoms in total. The lowest BCUT2D eigenvalue weighted by atomic mass is 10.2. The van der Waals surface area contributed by atoms with Gasteiger partial charge in [-0.05, 0) is 13.8 Å². The fraction of sp³-hybridized carbons (Fsp3) is 0.818. The Morgan fingerprint density at radius 3 is 2.82 bits per heavy atom. The van der Waals surface area contributed by atoms with E-state index in [0.717, 1.165) is 0 Å². The Labute approximate surface area is 100 Å². The van der Waals surface area contributed by atoms with Gasteiger partial charge in [-0.3, -0.25) is 9.59 Å². The lowest BCUT2D eigenvalue weighted by Crippen LogP contribution is -2.47. The predicted molar refractivity (Wildman–Crippen MR) is 59.7 cm³/mol. The highest BCUT2D eigenvalue weighted by Crippen LogP contribution is 2.09. The summed E-state index contributed by atoms with van der Waals surface area (Å²) in [6.45, 7) is 4.96. The molecular weight excluding hydrogens is 226 g/mol. The molecule has 1 amide bonds. The molecule has 98 valence electrons. The van der Waals surface area contributed by atoms with Crippen molar-refractivity contribution in [3.05, 3.63) is 0 Å². The second-order valence-electron chi connectivity index (χ2n) is 4.29. The number of carboxylic acid groups (broad SMARTS) is 1. The van der Waals surface area contributed by atoms with Crippen LogP contribution in [-0.2, 0) is 19.1 Å². The molecule has 1 atom stereocenters. The summed E-state index contributed by atoms with van der Waals surface area (Å²) in [5.74, 6) is -1.03. The van der Waals surface area contributed by atoms with E-state index in [4.69, 9.17) is 14.6 Å². The smallest absolute Gasteiger partial charge is 0.306 e. The molecular formula is C11H19NO5. The number of amides is 1. The minimum absolute atomic E-state index is 0.00908. The van der Waals surface area contributed by atoms with Gasteiger partial charge in [0.25, 0.3) is 0 Å². The topological polar surface area (TPSA) is 76.1 Å². The third-order valence-electron chi connectivity index (χ3n) is 2.43.